The lowest BCUT2D eigenvalue weighted by Gasteiger charge is -2.22. The summed E-state index contributed by atoms with van der Waals surface area (Å²) in [5.74, 6) is 1.10. The molecule has 2 N–H and O–H groups in total. The van der Waals surface area contributed by atoms with Crippen molar-refractivity contribution in [1.29, 1.82) is 0 Å². The van der Waals surface area contributed by atoms with Crippen molar-refractivity contribution in [2.75, 3.05) is 20.8 Å². The van der Waals surface area contributed by atoms with Crippen LogP contribution >= 0.6 is 0 Å². The van der Waals surface area contributed by atoms with E-state index in [1.807, 2.05) is 53.4 Å². The molecule has 6 nitrogen and oxygen atoms in total. The Balaban J connectivity index is 2.11. The zero-order valence-corrected chi connectivity index (χ0v) is 13.9. The summed E-state index contributed by atoms with van der Waals surface area (Å²) in [7, 11) is 3.24. The standard InChI is InChI=1S/C18H22N2O4/c1-23-16-8-6-14(7-9-16)11-20(13-18(21)19-22)12-15-4-3-5-17(10-15)24-2/h3-10,22H,11-13H2,1-2H3,(H,19,21). The Morgan fingerprint density at radius 3 is 2.29 bits per heavy atom. The van der Waals surface area contributed by atoms with Gasteiger partial charge < -0.3 is 9.47 Å². The van der Waals surface area contributed by atoms with Crippen LogP contribution in [0.1, 0.15) is 11.1 Å². The van der Waals surface area contributed by atoms with E-state index in [4.69, 9.17) is 14.7 Å². The molecule has 0 bridgehead atoms. The molecule has 0 aliphatic heterocycles. The normalized spacial score (nSPS) is 10.5. The Morgan fingerprint density at radius 1 is 1.00 bits per heavy atom. The van der Waals surface area contributed by atoms with E-state index in [1.54, 1.807) is 19.7 Å². The van der Waals surface area contributed by atoms with E-state index in [0.717, 1.165) is 22.6 Å². The lowest BCUT2D eigenvalue weighted by atomic mass is 10.1. The van der Waals surface area contributed by atoms with Crippen LogP contribution in [0.4, 0.5) is 0 Å². The highest BCUT2D eigenvalue weighted by molar-refractivity contribution is 5.76. The maximum atomic E-state index is 11.6. The molecular formula is C18H22N2O4. The fourth-order valence-electron chi connectivity index (χ4n) is 2.42. The van der Waals surface area contributed by atoms with Crippen LogP contribution in [0.25, 0.3) is 0 Å². The van der Waals surface area contributed by atoms with Crippen molar-refractivity contribution in [1.82, 2.24) is 10.4 Å². The van der Waals surface area contributed by atoms with E-state index < -0.39 is 5.91 Å². The first-order chi connectivity index (χ1) is 11.6. The minimum absolute atomic E-state index is 0.0831. The van der Waals surface area contributed by atoms with Gasteiger partial charge in [0.05, 0.1) is 20.8 Å². The van der Waals surface area contributed by atoms with Crippen LogP contribution in [0.2, 0.25) is 0 Å². The second-order valence-corrected chi connectivity index (χ2v) is 5.38. The van der Waals surface area contributed by atoms with Crippen molar-refractivity contribution in [2.24, 2.45) is 0 Å². The second-order valence-electron chi connectivity index (χ2n) is 5.38. The summed E-state index contributed by atoms with van der Waals surface area (Å²) in [6, 6.07) is 15.3. The van der Waals surface area contributed by atoms with Gasteiger partial charge in [-0.3, -0.25) is 14.9 Å². The van der Waals surface area contributed by atoms with Gasteiger partial charge in [-0.05, 0) is 35.4 Å². The van der Waals surface area contributed by atoms with Gasteiger partial charge in [0, 0.05) is 13.1 Å². The van der Waals surface area contributed by atoms with Crippen LogP contribution in [0.3, 0.4) is 0 Å². The minimum atomic E-state index is -0.452. The third-order valence-electron chi connectivity index (χ3n) is 3.60. The Hall–Kier alpha value is -2.57. The van der Waals surface area contributed by atoms with Gasteiger partial charge in [0.1, 0.15) is 11.5 Å². The molecule has 0 atom stereocenters. The quantitative estimate of drug-likeness (QED) is 0.574. The molecule has 0 unspecified atom stereocenters. The van der Waals surface area contributed by atoms with Crippen molar-refractivity contribution in [3.05, 3.63) is 59.7 Å². The average molecular weight is 330 g/mol. The summed E-state index contributed by atoms with van der Waals surface area (Å²) in [6.45, 7) is 1.20. The Morgan fingerprint density at radius 2 is 1.67 bits per heavy atom. The number of nitrogens with one attached hydrogen (secondary N) is 1. The summed E-state index contributed by atoms with van der Waals surface area (Å²) in [5.41, 5.74) is 3.75. The SMILES string of the molecule is COc1ccc(CN(CC(=O)NO)Cc2cccc(OC)c2)cc1. The number of ether oxygens (including phenoxy) is 2. The number of hydrogen-bond donors (Lipinski definition) is 2. The monoisotopic (exact) mass is 330 g/mol. The number of carbonyl (C=O) groups is 1. The van der Waals surface area contributed by atoms with E-state index in [-0.39, 0.29) is 6.54 Å². The van der Waals surface area contributed by atoms with Gasteiger partial charge in [0.2, 0.25) is 0 Å². The molecule has 0 heterocycles. The highest BCUT2D eigenvalue weighted by Crippen LogP contribution is 2.17. The Bertz CT molecular complexity index is 658. The lowest BCUT2D eigenvalue weighted by Crippen LogP contribution is -2.35. The van der Waals surface area contributed by atoms with E-state index in [1.165, 1.54) is 0 Å². The topological polar surface area (TPSA) is 71.0 Å². The molecule has 0 fully saturated rings. The summed E-state index contributed by atoms with van der Waals surface area (Å²) in [6.07, 6.45) is 0. The Kier molecular flexibility index (Phi) is 6.60. The molecule has 0 radical (unpaired) electrons. The van der Waals surface area contributed by atoms with Crippen molar-refractivity contribution in [3.63, 3.8) is 0 Å². The molecule has 1 amide bonds. The first-order valence-corrected chi connectivity index (χ1v) is 7.55. The lowest BCUT2D eigenvalue weighted by molar-refractivity contribution is -0.130. The first-order valence-electron chi connectivity index (χ1n) is 7.55. The molecule has 2 aromatic rings. The zero-order chi connectivity index (χ0) is 17.4. The number of hydroxylamine groups is 1. The largest absolute Gasteiger partial charge is 0.497 e. The van der Waals surface area contributed by atoms with Crippen molar-refractivity contribution < 1.29 is 19.5 Å². The molecule has 0 saturated carbocycles. The molecule has 0 aliphatic rings. The van der Waals surface area contributed by atoms with Crippen molar-refractivity contribution >= 4 is 5.91 Å². The summed E-state index contributed by atoms with van der Waals surface area (Å²) in [4.78, 5) is 13.5. The van der Waals surface area contributed by atoms with Gasteiger partial charge in [-0.15, -0.1) is 0 Å². The van der Waals surface area contributed by atoms with Crippen LogP contribution in [0.15, 0.2) is 48.5 Å². The summed E-state index contributed by atoms with van der Waals surface area (Å²) < 4.78 is 10.4. The number of methoxy groups -OCH3 is 2. The maximum Gasteiger partial charge on any atom is 0.257 e. The number of rotatable bonds is 8. The van der Waals surface area contributed by atoms with Gasteiger partial charge in [-0.1, -0.05) is 24.3 Å². The zero-order valence-electron chi connectivity index (χ0n) is 13.9. The molecule has 128 valence electrons. The third-order valence-corrected chi connectivity index (χ3v) is 3.60. The van der Waals surface area contributed by atoms with Gasteiger partial charge in [-0.2, -0.15) is 0 Å². The molecule has 6 heteroatoms. The molecular weight excluding hydrogens is 308 g/mol. The number of hydrogen-bond acceptors (Lipinski definition) is 5. The minimum Gasteiger partial charge on any atom is -0.497 e. The number of carbonyl (C=O) groups excluding carboxylic acids is 1. The van der Waals surface area contributed by atoms with Crippen LogP contribution < -0.4 is 15.0 Å². The molecule has 2 aromatic carbocycles. The van der Waals surface area contributed by atoms with E-state index >= 15 is 0 Å². The van der Waals surface area contributed by atoms with E-state index in [9.17, 15) is 4.79 Å². The molecule has 0 aromatic heterocycles. The van der Waals surface area contributed by atoms with Crippen LogP contribution in [-0.2, 0) is 17.9 Å². The van der Waals surface area contributed by atoms with Crippen molar-refractivity contribution in [2.45, 2.75) is 13.1 Å². The molecule has 2 rings (SSSR count). The Labute approximate surface area is 141 Å². The van der Waals surface area contributed by atoms with E-state index in [2.05, 4.69) is 0 Å². The fourth-order valence-corrected chi connectivity index (χ4v) is 2.42. The molecule has 0 spiro atoms. The average Bonchev–Trinajstić information content (AvgIpc) is 2.62. The first kappa shape index (κ1) is 17.8. The molecule has 0 saturated heterocycles. The summed E-state index contributed by atoms with van der Waals surface area (Å²) >= 11 is 0. The van der Waals surface area contributed by atoms with E-state index in [0.29, 0.717) is 13.1 Å². The fraction of sp³-hybridized carbons (Fsp3) is 0.278. The number of nitrogens with zero attached hydrogens (tertiary/aromatic N) is 1. The predicted molar refractivity (Wildman–Crippen MR) is 90.0 cm³/mol. The molecule has 24 heavy (non-hydrogen) atoms. The van der Waals surface area contributed by atoms with Crippen LogP contribution in [0, 0.1) is 0 Å². The molecule has 0 aliphatic carbocycles. The van der Waals surface area contributed by atoms with Crippen molar-refractivity contribution in [3.8, 4) is 11.5 Å². The van der Waals surface area contributed by atoms with Crippen LogP contribution in [-0.4, -0.2) is 36.8 Å². The van der Waals surface area contributed by atoms with Gasteiger partial charge in [0.15, 0.2) is 0 Å². The number of amides is 1. The highest BCUT2D eigenvalue weighted by atomic mass is 16.5. The summed E-state index contributed by atoms with van der Waals surface area (Å²) in [5, 5.41) is 8.80. The smallest absolute Gasteiger partial charge is 0.257 e. The van der Waals surface area contributed by atoms with Crippen LogP contribution in [0.5, 0.6) is 11.5 Å². The predicted octanol–water partition coefficient (Wildman–Crippen LogP) is 2.21. The number of benzene rings is 2. The van der Waals surface area contributed by atoms with Gasteiger partial charge in [0.25, 0.3) is 5.91 Å². The highest BCUT2D eigenvalue weighted by Gasteiger charge is 2.12. The third kappa shape index (κ3) is 5.26. The maximum absolute atomic E-state index is 11.6. The van der Waals surface area contributed by atoms with Gasteiger partial charge >= 0.3 is 0 Å². The second kappa shape index (κ2) is 8.90. The van der Waals surface area contributed by atoms with Gasteiger partial charge in [-0.25, -0.2) is 5.48 Å².